The first-order valence-corrected chi connectivity index (χ1v) is 15.1. The van der Waals surface area contributed by atoms with Crippen LogP contribution in [0.5, 0.6) is 17.2 Å². The van der Waals surface area contributed by atoms with E-state index in [0.717, 1.165) is 19.3 Å². The van der Waals surface area contributed by atoms with E-state index in [-0.39, 0.29) is 34.4 Å². The highest BCUT2D eigenvalue weighted by Crippen LogP contribution is 2.52. The highest BCUT2D eigenvalue weighted by molar-refractivity contribution is 6.31. The molecule has 0 radical (unpaired) electrons. The van der Waals surface area contributed by atoms with E-state index < -0.39 is 102 Å². The number of nitrogens with two attached hydrogens (primary N) is 1. The predicted octanol–water partition coefficient (Wildman–Crippen LogP) is 1.55. The van der Waals surface area contributed by atoms with Crippen LogP contribution in [0.25, 0.3) is 0 Å². The van der Waals surface area contributed by atoms with Crippen LogP contribution in [0, 0.1) is 0 Å². The number of hydrogen-bond donors (Lipinski definition) is 5. The summed E-state index contributed by atoms with van der Waals surface area (Å²) in [5.41, 5.74) is 2.98. The van der Waals surface area contributed by atoms with E-state index in [1.807, 2.05) is 0 Å². The molecule has 2 aliphatic heterocycles. The number of methoxy groups -OCH3 is 1. The van der Waals surface area contributed by atoms with E-state index in [1.54, 1.807) is 6.92 Å². The molecule has 2 heterocycles. The Morgan fingerprint density at radius 3 is 2.49 bits per heavy atom. The SMILES string of the molecule is COc1cccc2c1C(=O)c1c(O)c3c(c(O)c1C2=O)C[C@@](O)(C(=O)CO)C[C@@H]3O[C@H]1C[C@@H](N)[C@H](O[C@@H]2CCCCO2)[C@@H](C)O1. The first-order chi connectivity index (χ1) is 21.5. The number of carbonyl (C=O) groups is 3. The molecule has 7 atom stereocenters. The molecule has 0 aromatic heterocycles. The second kappa shape index (κ2) is 12.1. The molecular weight excluding hydrogens is 590 g/mol. The predicted molar refractivity (Wildman–Crippen MR) is 154 cm³/mol. The molecular formula is C32H37NO12. The number of rotatable bonds is 7. The standard InChI is InChI=1S/C32H37NO12/c1-14-31(45-21-8-3-4-9-42-21)17(33)10-22(43-14)44-19-12-32(40,20(35)13-34)11-16-24(19)30(39)26-25(28(16)37)27(36)15-6-5-7-18(41-2)23(15)29(26)38/h5-7,14,17,19,21-22,31,34,37,39-40H,3-4,8-13,33H2,1-2H3/t14-,17-,19+,21-,22+,31-,32+/m1/s1. The van der Waals surface area contributed by atoms with E-state index >= 15 is 0 Å². The molecule has 6 N–H and O–H groups in total. The van der Waals surface area contributed by atoms with E-state index in [9.17, 15) is 34.8 Å². The van der Waals surface area contributed by atoms with Gasteiger partial charge in [-0.1, -0.05) is 12.1 Å². The Bertz CT molecular complexity index is 1520. The molecule has 6 rings (SSSR count). The number of aliphatic hydroxyl groups excluding tert-OH is 1. The topological polar surface area (TPSA) is 204 Å². The van der Waals surface area contributed by atoms with Crippen LogP contribution in [-0.2, 0) is 30.2 Å². The van der Waals surface area contributed by atoms with Crippen molar-refractivity contribution in [3.63, 3.8) is 0 Å². The summed E-state index contributed by atoms with van der Waals surface area (Å²) >= 11 is 0. The van der Waals surface area contributed by atoms with Gasteiger partial charge >= 0.3 is 0 Å². The largest absolute Gasteiger partial charge is 0.507 e. The fraction of sp³-hybridized carbons (Fsp3) is 0.531. The first-order valence-electron chi connectivity index (χ1n) is 15.1. The third-order valence-corrected chi connectivity index (χ3v) is 9.22. The van der Waals surface area contributed by atoms with E-state index in [4.69, 9.17) is 29.4 Å². The summed E-state index contributed by atoms with van der Waals surface area (Å²) in [5, 5.41) is 44.2. The minimum Gasteiger partial charge on any atom is -0.507 e. The minimum atomic E-state index is -2.24. The van der Waals surface area contributed by atoms with Crippen molar-refractivity contribution in [3.8, 4) is 17.2 Å². The third kappa shape index (κ3) is 5.31. The monoisotopic (exact) mass is 627 g/mol. The number of phenols is 2. The molecule has 0 bridgehead atoms. The maximum atomic E-state index is 13.8. The lowest BCUT2D eigenvalue weighted by atomic mass is 9.72. The van der Waals surface area contributed by atoms with E-state index in [0.29, 0.717) is 6.61 Å². The first kappa shape index (κ1) is 31.5. The molecule has 2 saturated heterocycles. The number of aromatic hydroxyl groups is 2. The Morgan fingerprint density at radius 2 is 1.82 bits per heavy atom. The highest BCUT2D eigenvalue weighted by atomic mass is 16.7. The number of carbonyl (C=O) groups excluding carboxylic acids is 3. The summed E-state index contributed by atoms with van der Waals surface area (Å²) in [6.07, 6.45) is -2.03. The maximum Gasteiger partial charge on any atom is 0.202 e. The zero-order valence-corrected chi connectivity index (χ0v) is 25.0. The summed E-state index contributed by atoms with van der Waals surface area (Å²) in [5.74, 6) is -3.67. The van der Waals surface area contributed by atoms with Gasteiger partial charge < -0.3 is 49.8 Å². The Hall–Kier alpha value is -3.43. The van der Waals surface area contributed by atoms with Gasteiger partial charge in [0.2, 0.25) is 5.78 Å². The van der Waals surface area contributed by atoms with Gasteiger partial charge in [0.25, 0.3) is 0 Å². The van der Waals surface area contributed by atoms with Crippen LogP contribution in [0.15, 0.2) is 18.2 Å². The van der Waals surface area contributed by atoms with E-state index in [2.05, 4.69) is 0 Å². The molecule has 0 amide bonds. The number of ketones is 3. The van der Waals surface area contributed by atoms with Gasteiger partial charge in [-0.3, -0.25) is 14.4 Å². The van der Waals surface area contributed by atoms with Crippen molar-refractivity contribution in [1.29, 1.82) is 0 Å². The Balaban J connectivity index is 1.38. The van der Waals surface area contributed by atoms with Gasteiger partial charge in [-0.2, -0.15) is 0 Å². The highest BCUT2D eigenvalue weighted by Gasteiger charge is 2.50. The zero-order valence-electron chi connectivity index (χ0n) is 25.0. The smallest absolute Gasteiger partial charge is 0.202 e. The van der Waals surface area contributed by atoms with Crippen molar-refractivity contribution >= 4 is 17.3 Å². The van der Waals surface area contributed by atoms with Crippen molar-refractivity contribution < 1.29 is 58.5 Å². The van der Waals surface area contributed by atoms with Crippen LogP contribution >= 0.6 is 0 Å². The van der Waals surface area contributed by atoms with Gasteiger partial charge in [0.05, 0.1) is 36.0 Å². The lowest BCUT2D eigenvalue weighted by molar-refractivity contribution is -0.281. The fourth-order valence-corrected chi connectivity index (χ4v) is 6.95. The normalized spacial score (nSPS) is 31.1. The Morgan fingerprint density at radius 1 is 1.07 bits per heavy atom. The quantitative estimate of drug-likeness (QED) is 0.236. The van der Waals surface area contributed by atoms with Gasteiger partial charge in [-0.25, -0.2) is 0 Å². The third-order valence-electron chi connectivity index (χ3n) is 9.22. The second-order valence-corrected chi connectivity index (χ2v) is 12.1. The molecule has 2 fully saturated rings. The molecule has 4 aliphatic rings. The van der Waals surface area contributed by atoms with Crippen LogP contribution in [0.3, 0.4) is 0 Å². The Kier molecular flexibility index (Phi) is 8.46. The lowest BCUT2D eigenvalue weighted by Gasteiger charge is -2.43. The molecule has 45 heavy (non-hydrogen) atoms. The number of ether oxygens (including phenoxy) is 5. The number of fused-ring (bicyclic) bond motifs is 3. The average Bonchev–Trinajstić information content (AvgIpc) is 3.02. The number of Topliss-reactive ketones (excluding diaryl/α,β-unsaturated/α-hetero) is 1. The molecule has 2 aliphatic carbocycles. The molecule has 0 spiro atoms. The fourth-order valence-electron chi connectivity index (χ4n) is 6.95. The lowest BCUT2D eigenvalue weighted by Crippen LogP contribution is -2.55. The zero-order chi connectivity index (χ0) is 32.2. The van der Waals surface area contributed by atoms with Crippen LogP contribution in [-0.4, -0.2) is 94.5 Å². The molecule has 2 aromatic rings. The van der Waals surface area contributed by atoms with Crippen LogP contribution in [0.2, 0.25) is 0 Å². The maximum absolute atomic E-state index is 13.8. The Labute approximate surface area is 258 Å². The van der Waals surface area contributed by atoms with Gasteiger partial charge in [-0.15, -0.1) is 0 Å². The van der Waals surface area contributed by atoms with Crippen LogP contribution < -0.4 is 10.5 Å². The number of hydrogen-bond acceptors (Lipinski definition) is 13. The summed E-state index contributed by atoms with van der Waals surface area (Å²) in [4.78, 5) is 40.2. The minimum absolute atomic E-state index is 0.0409. The summed E-state index contributed by atoms with van der Waals surface area (Å²) in [6.45, 7) is 1.35. The van der Waals surface area contributed by atoms with Crippen molar-refractivity contribution in [2.45, 2.75) is 88.0 Å². The summed E-state index contributed by atoms with van der Waals surface area (Å²) < 4.78 is 29.5. The average molecular weight is 628 g/mol. The number of benzene rings is 2. The molecule has 0 saturated carbocycles. The van der Waals surface area contributed by atoms with Crippen molar-refractivity contribution in [1.82, 2.24) is 0 Å². The summed E-state index contributed by atoms with van der Waals surface area (Å²) in [6, 6.07) is 3.86. The molecule has 13 heteroatoms. The van der Waals surface area contributed by atoms with Crippen LogP contribution in [0.4, 0.5) is 0 Å². The molecule has 2 aromatic carbocycles. The van der Waals surface area contributed by atoms with Crippen LogP contribution in [0.1, 0.15) is 88.1 Å². The van der Waals surface area contributed by atoms with Gasteiger partial charge in [0.1, 0.15) is 35.6 Å². The van der Waals surface area contributed by atoms with E-state index in [1.165, 1.54) is 25.3 Å². The van der Waals surface area contributed by atoms with Crippen molar-refractivity contribution in [2.24, 2.45) is 5.73 Å². The molecule has 13 nitrogen and oxygen atoms in total. The molecule has 0 unspecified atom stereocenters. The van der Waals surface area contributed by atoms with Gasteiger partial charge in [0, 0.05) is 48.6 Å². The second-order valence-electron chi connectivity index (χ2n) is 12.1. The molecule has 242 valence electrons. The van der Waals surface area contributed by atoms with Crippen molar-refractivity contribution in [2.75, 3.05) is 20.3 Å². The van der Waals surface area contributed by atoms with Crippen molar-refractivity contribution in [3.05, 3.63) is 51.6 Å². The number of aliphatic hydroxyl groups is 2. The van der Waals surface area contributed by atoms with Gasteiger partial charge in [-0.05, 0) is 32.3 Å². The van der Waals surface area contributed by atoms with Gasteiger partial charge in [0.15, 0.2) is 24.1 Å². The summed E-state index contributed by atoms with van der Waals surface area (Å²) in [7, 11) is 1.34. The number of phenolic OH excluding ortho intramolecular Hbond substituents is 2.